The van der Waals surface area contributed by atoms with Crippen LogP contribution in [0.3, 0.4) is 0 Å². The Morgan fingerprint density at radius 3 is 2.47 bits per heavy atom. The van der Waals surface area contributed by atoms with Crippen LogP contribution in [0.15, 0.2) is 18.2 Å². The van der Waals surface area contributed by atoms with Crippen LogP contribution in [0.5, 0.6) is 5.75 Å². The van der Waals surface area contributed by atoms with E-state index < -0.39 is 6.36 Å². The summed E-state index contributed by atoms with van der Waals surface area (Å²) in [6.07, 6.45) is -4.74. The van der Waals surface area contributed by atoms with Crippen molar-refractivity contribution in [2.75, 3.05) is 0 Å². The third-order valence-electron chi connectivity index (χ3n) is 1.56. The molecule has 0 heterocycles. The van der Waals surface area contributed by atoms with Crippen LogP contribution in [0.2, 0.25) is 0 Å². The summed E-state index contributed by atoms with van der Waals surface area (Å²) in [7, 11) is 0. The van der Waals surface area contributed by atoms with Gasteiger partial charge in [-0.1, -0.05) is 6.07 Å². The van der Waals surface area contributed by atoms with Crippen molar-refractivity contribution in [1.82, 2.24) is 0 Å². The Morgan fingerprint density at radius 1 is 1.40 bits per heavy atom. The summed E-state index contributed by atoms with van der Waals surface area (Å²) in [6, 6.07) is 3.93. The Bertz CT molecular complexity index is 387. The van der Waals surface area contributed by atoms with Crippen LogP contribution < -0.4 is 4.74 Å². The minimum atomic E-state index is -4.74. The molecule has 0 saturated heterocycles. The van der Waals surface area contributed by atoms with E-state index in [2.05, 4.69) is 4.74 Å². The van der Waals surface area contributed by atoms with Crippen LogP contribution in [-0.2, 0) is 0 Å². The molecule has 0 aliphatic heterocycles. The first kappa shape index (κ1) is 12.3. The molecule has 0 aliphatic carbocycles. The lowest BCUT2D eigenvalue weighted by Crippen LogP contribution is -2.18. The van der Waals surface area contributed by atoms with Crippen molar-refractivity contribution in [3.63, 3.8) is 0 Å². The van der Waals surface area contributed by atoms with Crippen molar-refractivity contribution in [1.29, 1.82) is 0 Å². The molecule has 0 bridgehead atoms. The molecule has 0 unspecified atom stereocenters. The predicted molar refractivity (Wildman–Crippen MR) is 55.8 cm³/mol. The van der Waals surface area contributed by atoms with E-state index in [0.717, 1.165) is 6.07 Å². The van der Waals surface area contributed by atoms with E-state index in [4.69, 9.17) is 0 Å². The van der Waals surface area contributed by atoms with E-state index in [9.17, 15) is 18.0 Å². The van der Waals surface area contributed by atoms with Crippen LogP contribution in [0, 0.1) is 3.57 Å². The fourth-order valence-electron chi connectivity index (χ4n) is 0.925. The number of ether oxygens (including phenoxy) is 1. The first-order chi connectivity index (χ1) is 6.79. The molecule has 0 aliphatic rings. The summed E-state index contributed by atoms with van der Waals surface area (Å²) in [5, 5.41) is 0. The normalized spacial score (nSPS) is 11.3. The highest BCUT2D eigenvalue weighted by molar-refractivity contribution is 14.1. The number of hydrogen-bond acceptors (Lipinski definition) is 2. The van der Waals surface area contributed by atoms with Gasteiger partial charge in [0.15, 0.2) is 5.78 Å². The number of alkyl halides is 3. The smallest absolute Gasteiger partial charge is 0.405 e. The van der Waals surface area contributed by atoms with Gasteiger partial charge in [0.2, 0.25) is 0 Å². The lowest BCUT2D eigenvalue weighted by molar-refractivity contribution is -0.274. The third kappa shape index (κ3) is 3.69. The highest BCUT2D eigenvalue weighted by atomic mass is 127. The van der Waals surface area contributed by atoms with E-state index >= 15 is 0 Å². The number of Topliss-reactive ketones (excluding diaryl/α,β-unsaturated/α-hetero) is 1. The zero-order valence-electron chi connectivity index (χ0n) is 7.56. The summed E-state index contributed by atoms with van der Waals surface area (Å²) in [5.41, 5.74) is 0.190. The molecule has 1 rings (SSSR count). The largest absolute Gasteiger partial charge is 0.573 e. The first-order valence-corrected chi connectivity index (χ1v) is 4.94. The Morgan fingerprint density at radius 2 is 2.00 bits per heavy atom. The Hall–Kier alpha value is -0.790. The lowest BCUT2D eigenvalue weighted by Gasteiger charge is -2.11. The van der Waals surface area contributed by atoms with E-state index in [0.29, 0.717) is 3.57 Å². The van der Waals surface area contributed by atoms with Gasteiger partial charge in [-0.3, -0.25) is 4.79 Å². The average molecular weight is 330 g/mol. The maximum atomic E-state index is 11.9. The highest BCUT2D eigenvalue weighted by Gasteiger charge is 2.32. The Balaban J connectivity index is 3.06. The number of rotatable bonds is 2. The molecular formula is C9H6F3IO2. The molecule has 0 saturated carbocycles. The fraction of sp³-hybridized carbons (Fsp3) is 0.222. The number of carbonyl (C=O) groups excluding carboxylic acids is 1. The van der Waals surface area contributed by atoms with E-state index in [1.807, 2.05) is 0 Å². The summed E-state index contributed by atoms with van der Waals surface area (Å²) >= 11 is 1.70. The molecule has 1 aromatic carbocycles. The van der Waals surface area contributed by atoms with Gasteiger partial charge in [0.25, 0.3) is 0 Å². The second-order valence-electron chi connectivity index (χ2n) is 2.75. The standard InChI is InChI=1S/C9H6F3IO2/c1-5(14)6-2-3-7(13)8(4-6)15-9(10,11)12/h2-4H,1H3. The molecule has 0 atom stereocenters. The molecule has 0 N–H and O–H groups in total. The van der Waals surface area contributed by atoms with Crippen LogP contribution in [0.4, 0.5) is 13.2 Å². The molecule has 82 valence electrons. The van der Waals surface area contributed by atoms with Gasteiger partial charge in [-0.15, -0.1) is 13.2 Å². The van der Waals surface area contributed by atoms with Gasteiger partial charge < -0.3 is 4.74 Å². The third-order valence-corrected chi connectivity index (χ3v) is 2.45. The molecule has 0 aromatic heterocycles. The number of ketones is 1. The van der Waals surface area contributed by atoms with E-state index in [1.165, 1.54) is 19.1 Å². The van der Waals surface area contributed by atoms with Crippen LogP contribution in [-0.4, -0.2) is 12.1 Å². The molecule has 0 amide bonds. The molecule has 15 heavy (non-hydrogen) atoms. The first-order valence-electron chi connectivity index (χ1n) is 3.86. The molecule has 1 aromatic rings. The van der Waals surface area contributed by atoms with Crippen molar-refractivity contribution in [2.24, 2.45) is 0 Å². The van der Waals surface area contributed by atoms with Crippen LogP contribution in [0.25, 0.3) is 0 Å². The zero-order chi connectivity index (χ0) is 11.6. The quantitative estimate of drug-likeness (QED) is 0.614. The van der Waals surface area contributed by atoms with Gasteiger partial charge in [-0.05, 0) is 41.6 Å². The van der Waals surface area contributed by atoms with Gasteiger partial charge in [0, 0.05) is 5.56 Å². The topological polar surface area (TPSA) is 26.3 Å². The molecular weight excluding hydrogens is 324 g/mol. The second-order valence-corrected chi connectivity index (χ2v) is 3.91. The lowest BCUT2D eigenvalue weighted by atomic mass is 10.1. The minimum Gasteiger partial charge on any atom is -0.405 e. The van der Waals surface area contributed by atoms with Crippen molar-refractivity contribution in [3.8, 4) is 5.75 Å². The van der Waals surface area contributed by atoms with Gasteiger partial charge in [0.05, 0.1) is 3.57 Å². The predicted octanol–water partition coefficient (Wildman–Crippen LogP) is 3.39. The molecule has 0 fully saturated rings. The minimum absolute atomic E-state index is 0.190. The van der Waals surface area contributed by atoms with Gasteiger partial charge in [-0.2, -0.15) is 0 Å². The van der Waals surface area contributed by atoms with Crippen molar-refractivity contribution in [3.05, 3.63) is 27.3 Å². The monoisotopic (exact) mass is 330 g/mol. The maximum Gasteiger partial charge on any atom is 0.573 e. The Kier molecular flexibility index (Phi) is 3.58. The fourth-order valence-corrected chi connectivity index (χ4v) is 1.37. The molecule has 0 spiro atoms. The van der Waals surface area contributed by atoms with Crippen molar-refractivity contribution < 1.29 is 22.7 Å². The maximum absolute atomic E-state index is 11.9. The zero-order valence-corrected chi connectivity index (χ0v) is 9.72. The number of benzene rings is 1. The van der Waals surface area contributed by atoms with E-state index in [-0.39, 0.29) is 17.1 Å². The van der Waals surface area contributed by atoms with Crippen molar-refractivity contribution in [2.45, 2.75) is 13.3 Å². The second kappa shape index (κ2) is 4.38. The molecule has 6 heteroatoms. The summed E-state index contributed by atoms with van der Waals surface area (Å²) < 4.78 is 39.9. The van der Waals surface area contributed by atoms with Gasteiger partial charge in [0.1, 0.15) is 5.75 Å². The number of carbonyl (C=O) groups is 1. The summed E-state index contributed by atoms with van der Waals surface area (Å²) in [5.74, 6) is -0.658. The summed E-state index contributed by atoms with van der Waals surface area (Å²) in [6.45, 7) is 1.28. The van der Waals surface area contributed by atoms with E-state index in [1.54, 1.807) is 22.6 Å². The SMILES string of the molecule is CC(=O)c1ccc(I)c(OC(F)(F)F)c1. The number of halogens is 4. The van der Waals surface area contributed by atoms with Gasteiger partial charge in [-0.25, -0.2) is 0 Å². The Labute approximate surface area is 97.6 Å². The summed E-state index contributed by atoms with van der Waals surface area (Å²) in [4.78, 5) is 10.9. The highest BCUT2D eigenvalue weighted by Crippen LogP contribution is 2.28. The van der Waals surface area contributed by atoms with Gasteiger partial charge >= 0.3 is 6.36 Å². The van der Waals surface area contributed by atoms with Crippen LogP contribution >= 0.6 is 22.6 Å². The molecule has 0 radical (unpaired) electrons. The number of hydrogen-bond donors (Lipinski definition) is 0. The average Bonchev–Trinajstić information content (AvgIpc) is 2.06. The molecule has 2 nitrogen and oxygen atoms in total. The van der Waals surface area contributed by atoms with Crippen molar-refractivity contribution >= 4 is 28.4 Å². The van der Waals surface area contributed by atoms with Crippen LogP contribution in [0.1, 0.15) is 17.3 Å².